The van der Waals surface area contributed by atoms with Gasteiger partial charge >= 0.3 is 5.97 Å². The summed E-state index contributed by atoms with van der Waals surface area (Å²) in [7, 11) is 1.58. The minimum absolute atomic E-state index is 0.0212. The third kappa shape index (κ3) is 8.56. The summed E-state index contributed by atoms with van der Waals surface area (Å²) in [4.78, 5) is 35.2. The number of rotatable bonds is 14. The first-order valence-corrected chi connectivity index (χ1v) is 15.0. The van der Waals surface area contributed by atoms with Crippen molar-refractivity contribution in [2.45, 2.75) is 63.8 Å². The smallest absolute Gasteiger partial charge is 0.306 e. The number of benzene rings is 3. The minimum atomic E-state index is -1.64. The van der Waals surface area contributed by atoms with Gasteiger partial charge in [0.15, 0.2) is 11.6 Å². The highest BCUT2D eigenvalue weighted by atomic mass is 16.6. The number of ether oxygens (including phenoxy) is 4. The van der Waals surface area contributed by atoms with Crippen LogP contribution < -0.4 is 14.8 Å². The van der Waals surface area contributed by atoms with Crippen LogP contribution in [0.4, 0.5) is 5.69 Å². The van der Waals surface area contributed by atoms with E-state index in [9.17, 15) is 15.1 Å². The van der Waals surface area contributed by atoms with E-state index in [0.29, 0.717) is 35.7 Å². The van der Waals surface area contributed by atoms with Gasteiger partial charge < -0.3 is 29.4 Å². The van der Waals surface area contributed by atoms with Crippen molar-refractivity contribution < 1.29 is 33.6 Å². The average Bonchev–Trinajstić information content (AvgIpc) is 3.43. The molecular weight excluding hydrogens is 590 g/mol. The van der Waals surface area contributed by atoms with Crippen LogP contribution in [0.3, 0.4) is 0 Å². The van der Waals surface area contributed by atoms with Gasteiger partial charge in [0.1, 0.15) is 17.1 Å². The Labute approximate surface area is 268 Å². The Balaban J connectivity index is 1.76. The maximum atomic E-state index is 14.4. The molecule has 0 aromatic heterocycles. The second-order valence-corrected chi connectivity index (χ2v) is 11.7. The van der Waals surface area contributed by atoms with Crippen molar-refractivity contribution in [3.63, 3.8) is 0 Å². The first-order chi connectivity index (χ1) is 22.1. The van der Waals surface area contributed by atoms with Crippen LogP contribution in [-0.2, 0) is 25.6 Å². The Bertz CT molecular complexity index is 1580. The average molecular weight is 630 g/mol. The van der Waals surface area contributed by atoms with Gasteiger partial charge in [0.25, 0.3) is 5.91 Å². The normalized spacial score (nSPS) is 17.2. The van der Waals surface area contributed by atoms with Gasteiger partial charge in [0, 0.05) is 47.7 Å². The van der Waals surface area contributed by atoms with Crippen molar-refractivity contribution in [3.8, 4) is 11.5 Å². The Morgan fingerprint density at radius 2 is 1.76 bits per heavy atom. The van der Waals surface area contributed by atoms with Gasteiger partial charge in [0.05, 0.1) is 13.7 Å². The molecule has 0 spiro atoms. The van der Waals surface area contributed by atoms with Crippen LogP contribution in [0.15, 0.2) is 82.9 Å². The van der Waals surface area contributed by atoms with Crippen LogP contribution in [0.5, 0.6) is 11.5 Å². The number of azide groups is 1. The number of aliphatic hydroxyl groups excluding tert-OH is 1. The highest BCUT2D eigenvalue weighted by Crippen LogP contribution is 2.46. The maximum absolute atomic E-state index is 14.4. The Morgan fingerprint density at radius 1 is 1.07 bits per heavy atom. The predicted molar refractivity (Wildman–Crippen MR) is 172 cm³/mol. The number of aliphatic hydroxyl groups is 1. The monoisotopic (exact) mass is 629 g/mol. The highest BCUT2D eigenvalue weighted by molar-refractivity contribution is 6.01. The molecule has 0 unspecified atom stereocenters. The molecule has 12 heteroatoms. The summed E-state index contributed by atoms with van der Waals surface area (Å²) in [6, 6.07) is 21.1. The van der Waals surface area contributed by atoms with Crippen LogP contribution in [-0.4, -0.2) is 54.3 Å². The highest BCUT2D eigenvalue weighted by Gasteiger charge is 2.53. The molecular formula is C34H39N5O7. The zero-order valence-corrected chi connectivity index (χ0v) is 26.4. The fraction of sp³-hybridized carbons (Fsp3) is 0.382. The van der Waals surface area contributed by atoms with Gasteiger partial charge in [0.2, 0.25) is 5.90 Å². The largest absolute Gasteiger partial charge is 0.497 e. The van der Waals surface area contributed by atoms with Gasteiger partial charge in [-0.25, -0.2) is 4.99 Å². The Kier molecular flexibility index (Phi) is 11.2. The van der Waals surface area contributed by atoms with Crippen molar-refractivity contribution in [1.82, 2.24) is 5.32 Å². The summed E-state index contributed by atoms with van der Waals surface area (Å²) < 4.78 is 23.0. The number of nitrogens with one attached hydrogen (secondary N) is 1. The van der Waals surface area contributed by atoms with E-state index in [1.165, 1.54) is 0 Å². The zero-order chi connectivity index (χ0) is 33.2. The maximum Gasteiger partial charge on any atom is 0.306 e. The van der Waals surface area contributed by atoms with Crippen molar-refractivity contribution >= 4 is 23.5 Å². The number of aliphatic imine (C=N–C) groups is 1. The van der Waals surface area contributed by atoms with Crippen LogP contribution >= 0.6 is 0 Å². The fourth-order valence-corrected chi connectivity index (χ4v) is 4.96. The molecule has 4 rings (SSSR count). The first kappa shape index (κ1) is 33.8. The number of hydrogen-bond acceptors (Lipinski definition) is 9. The zero-order valence-electron chi connectivity index (χ0n) is 26.4. The topological polar surface area (TPSA) is 164 Å². The van der Waals surface area contributed by atoms with E-state index in [0.717, 1.165) is 5.56 Å². The quantitative estimate of drug-likeness (QED) is 0.0716. The Morgan fingerprint density at radius 3 is 2.41 bits per heavy atom. The van der Waals surface area contributed by atoms with E-state index in [1.54, 1.807) is 88.5 Å². The molecule has 12 nitrogen and oxygen atoms in total. The van der Waals surface area contributed by atoms with Crippen LogP contribution in [0.1, 0.15) is 62.8 Å². The summed E-state index contributed by atoms with van der Waals surface area (Å²) in [5, 5.41) is 15.9. The molecule has 2 N–H and O–H groups in total. The third-order valence-electron chi connectivity index (χ3n) is 7.14. The summed E-state index contributed by atoms with van der Waals surface area (Å²) in [5.41, 5.74) is 9.03. The van der Waals surface area contributed by atoms with Crippen molar-refractivity contribution in [1.29, 1.82) is 0 Å². The lowest BCUT2D eigenvalue weighted by Crippen LogP contribution is -2.48. The summed E-state index contributed by atoms with van der Waals surface area (Å²) >= 11 is 0. The molecule has 2 atom stereocenters. The molecule has 3 aromatic carbocycles. The standard InChI is InChI=1S/C34H39N5O7/c1-33(2,3)46-29(41)18-19-34(32(42)36-22-23-10-14-25(43-4)15-11-23)30(27-8-5-6-9-28(27)38-39-35)45-31(37-34)24-12-16-26(17-13-24)44-21-7-20-40/h5-6,8-17,30,40H,7,18-22H2,1-4H3,(H,36,42)/t30-,34-/m1/s1. The molecule has 242 valence electrons. The van der Waals surface area contributed by atoms with E-state index in [1.807, 2.05) is 12.1 Å². The van der Waals surface area contributed by atoms with Crippen LogP contribution in [0, 0.1) is 0 Å². The first-order valence-electron chi connectivity index (χ1n) is 15.0. The van der Waals surface area contributed by atoms with Crippen LogP contribution in [0.2, 0.25) is 0 Å². The van der Waals surface area contributed by atoms with E-state index in [4.69, 9.17) is 29.0 Å². The van der Waals surface area contributed by atoms with Crippen LogP contribution in [0.25, 0.3) is 10.4 Å². The second kappa shape index (κ2) is 15.3. The van der Waals surface area contributed by atoms with Crippen molar-refractivity contribution in [3.05, 3.63) is 99.9 Å². The molecule has 1 aliphatic rings. The molecule has 3 aromatic rings. The molecule has 0 bridgehead atoms. The summed E-state index contributed by atoms with van der Waals surface area (Å²) in [6.07, 6.45) is -0.749. The fourth-order valence-electron chi connectivity index (χ4n) is 4.96. The van der Waals surface area contributed by atoms with E-state index >= 15 is 0 Å². The molecule has 46 heavy (non-hydrogen) atoms. The number of carbonyl (C=O) groups excluding carboxylic acids is 2. The number of nitrogens with zero attached hydrogens (tertiary/aromatic N) is 4. The van der Waals surface area contributed by atoms with Gasteiger partial charge in [-0.05, 0) is 74.7 Å². The van der Waals surface area contributed by atoms with E-state index in [2.05, 4.69) is 15.3 Å². The van der Waals surface area contributed by atoms with Gasteiger partial charge in [-0.2, -0.15) is 0 Å². The molecule has 0 aliphatic carbocycles. The van der Waals surface area contributed by atoms with Gasteiger partial charge in [-0.1, -0.05) is 41.5 Å². The van der Waals surface area contributed by atoms with Gasteiger partial charge in [-0.3, -0.25) is 9.59 Å². The Hall–Kier alpha value is -5.06. The molecule has 0 saturated heterocycles. The van der Waals surface area contributed by atoms with E-state index in [-0.39, 0.29) is 37.6 Å². The summed E-state index contributed by atoms with van der Waals surface area (Å²) in [5.74, 6) is 0.472. The number of amides is 1. The number of hydrogen-bond donors (Lipinski definition) is 2. The SMILES string of the molecule is COc1ccc(CNC(=O)[C@]2(CCC(=O)OC(C)(C)C)N=C(c3ccc(OCCCO)cc3)O[C@@H]2c2ccccc2N=[N+]=[N-])cc1. The number of carbonyl (C=O) groups is 2. The lowest BCUT2D eigenvalue weighted by atomic mass is 9.82. The van der Waals surface area contributed by atoms with Crippen molar-refractivity contribution in [2.24, 2.45) is 10.1 Å². The predicted octanol–water partition coefficient (Wildman–Crippen LogP) is 6.09. The molecule has 0 radical (unpaired) electrons. The molecule has 0 saturated carbocycles. The van der Waals surface area contributed by atoms with E-state index < -0.39 is 29.1 Å². The lowest BCUT2D eigenvalue weighted by Gasteiger charge is -2.31. The molecule has 0 fully saturated rings. The lowest BCUT2D eigenvalue weighted by molar-refractivity contribution is -0.155. The minimum Gasteiger partial charge on any atom is -0.497 e. The van der Waals surface area contributed by atoms with Crippen molar-refractivity contribution in [2.75, 3.05) is 20.3 Å². The van der Waals surface area contributed by atoms with Gasteiger partial charge in [-0.15, -0.1) is 0 Å². The summed E-state index contributed by atoms with van der Waals surface area (Å²) in [6.45, 7) is 5.86. The number of esters is 1. The third-order valence-corrected chi connectivity index (χ3v) is 7.14. The second-order valence-electron chi connectivity index (χ2n) is 11.7. The molecule has 1 heterocycles. The molecule has 1 amide bonds. The molecule has 1 aliphatic heterocycles. The number of methoxy groups -OCH3 is 1.